The summed E-state index contributed by atoms with van der Waals surface area (Å²) in [5.41, 5.74) is 3.99. The smallest absolute Gasteiger partial charge is 0.0659 e. The first-order valence-electron chi connectivity index (χ1n) is 9.74. The Morgan fingerprint density at radius 3 is 2.04 bits per heavy atom. The third-order valence-corrected chi connectivity index (χ3v) is 5.14. The largest absolute Gasteiger partial charge is 0.298 e. The molecule has 0 radical (unpaired) electrons. The third kappa shape index (κ3) is 5.25. The molecule has 0 unspecified atom stereocenters. The van der Waals surface area contributed by atoms with Crippen molar-refractivity contribution in [2.24, 2.45) is 0 Å². The van der Waals surface area contributed by atoms with Gasteiger partial charge in [0.2, 0.25) is 0 Å². The molecule has 0 bridgehead atoms. The quantitative estimate of drug-likeness (QED) is 0.676. The summed E-state index contributed by atoms with van der Waals surface area (Å²) in [6.07, 6.45) is 8.87. The molecule has 5 nitrogen and oxygen atoms in total. The molecule has 3 heterocycles. The molecule has 0 saturated carbocycles. The molecule has 1 saturated heterocycles. The number of hydrogen-bond acceptors (Lipinski definition) is 4. The van der Waals surface area contributed by atoms with Crippen LogP contribution in [-0.4, -0.2) is 50.7 Å². The van der Waals surface area contributed by atoms with Crippen LogP contribution >= 0.6 is 0 Å². The molecule has 0 amide bonds. The molecule has 1 fully saturated rings. The molecule has 0 N–H and O–H groups in total. The maximum absolute atomic E-state index is 4.27. The SMILES string of the molecule is c1cncc(CN2CCCN(Cc3ccc(Cn4cccn4)cc3)CC2)c1. The Balaban J connectivity index is 1.28. The van der Waals surface area contributed by atoms with Crippen LogP contribution in [-0.2, 0) is 19.6 Å². The molecular weight excluding hydrogens is 334 g/mol. The number of pyridine rings is 1. The van der Waals surface area contributed by atoms with E-state index in [-0.39, 0.29) is 0 Å². The lowest BCUT2D eigenvalue weighted by atomic mass is 10.1. The summed E-state index contributed by atoms with van der Waals surface area (Å²) in [5.74, 6) is 0. The van der Waals surface area contributed by atoms with E-state index >= 15 is 0 Å². The fourth-order valence-electron chi connectivity index (χ4n) is 3.68. The summed E-state index contributed by atoms with van der Waals surface area (Å²) in [6.45, 7) is 7.43. The van der Waals surface area contributed by atoms with Gasteiger partial charge in [-0.15, -0.1) is 0 Å². The minimum Gasteiger partial charge on any atom is -0.298 e. The number of aromatic nitrogens is 3. The summed E-state index contributed by atoms with van der Waals surface area (Å²) in [7, 11) is 0. The van der Waals surface area contributed by atoms with E-state index in [9.17, 15) is 0 Å². The van der Waals surface area contributed by atoms with Crippen molar-refractivity contribution in [2.45, 2.75) is 26.1 Å². The minimum atomic E-state index is 0.834. The Morgan fingerprint density at radius 2 is 1.41 bits per heavy atom. The average Bonchev–Trinajstić information content (AvgIpc) is 3.11. The zero-order valence-corrected chi connectivity index (χ0v) is 15.7. The average molecular weight is 361 g/mol. The van der Waals surface area contributed by atoms with Gasteiger partial charge in [0.25, 0.3) is 0 Å². The maximum Gasteiger partial charge on any atom is 0.0659 e. The van der Waals surface area contributed by atoms with Gasteiger partial charge < -0.3 is 0 Å². The monoisotopic (exact) mass is 361 g/mol. The molecule has 1 aliphatic heterocycles. The minimum absolute atomic E-state index is 0.834. The van der Waals surface area contributed by atoms with Crippen molar-refractivity contribution in [3.05, 3.63) is 83.9 Å². The first-order chi connectivity index (χ1) is 13.3. The standard InChI is InChI=1S/C22H27N5/c1-4-22(16-23-9-1)18-26-12-3-11-25(14-15-26)17-20-5-7-21(8-6-20)19-27-13-2-10-24-27/h1-2,4-10,13,16H,3,11-12,14-15,17-19H2. The summed E-state index contributed by atoms with van der Waals surface area (Å²) in [5, 5.41) is 4.27. The van der Waals surface area contributed by atoms with Gasteiger partial charge in [-0.1, -0.05) is 30.3 Å². The van der Waals surface area contributed by atoms with Crippen LogP contribution in [0.2, 0.25) is 0 Å². The van der Waals surface area contributed by atoms with Crippen LogP contribution in [0.25, 0.3) is 0 Å². The van der Waals surface area contributed by atoms with Crippen molar-refractivity contribution < 1.29 is 0 Å². The zero-order valence-electron chi connectivity index (χ0n) is 15.7. The topological polar surface area (TPSA) is 37.2 Å². The van der Waals surface area contributed by atoms with E-state index < -0.39 is 0 Å². The number of hydrogen-bond donors (Lipinski definition) is 0. The molecule has 27 heavy (non-hydrogen) atoms. The van der Waals surface area contributed by atoms with Crippen LogP contribution in [0.1, 0.15) is 23.1 Å². The van der Waals surface area contributed by atoms with E-state index in [0.717, 1.165) is 39.3 Å². The van der Waals surface area contributed by atoms with E-state index in [4.69, 9.17) is 0 Å². The molecule has 4 rings (SSSR count). The van der Waals surface area contributed by atoms with Crippen LogP contribution < -0.4 is 0 Å². The molecule has 0 aliphatic carbocycles. The lowest BCUT2D eigenvalue weighted by Gasteiger charge is -2.22. The van der Waals surface area contributed by atoms with Crippen molar-refractivity contribution in [1.29, 1.82) is 0 Å². The van der Waals surface area contributed by atoms with Gasteiger partial charge in [-0.3, -0.25) is 19.5 Å². The Kier molecular flexibility index (Phi) is 5.92. The van der Waals surface area contributed by atoms with Crippen molar-refractivity contribution >= 4 is 0 Å². The second-order valence-electron chi connectivity index (χ2n) is 7.29. The van der Waals surface area contributed by atoms with Crippen molar-refractivity contribution in [3.8, 4) is 0 Å². The Bertz CT molecular complexity index is 798. The van der Waals surface area contributed by atoms with E-state index in [2.05, 4.69) is 50.2 Å². The number of benzene rings is 1. The van der Waals surface area contributed by atoms with Gasteiger partial charge in [0, 0.05) is 51.0 Å². The first kappa shape index (κ1) is 17.9. The Morgan fingerprint density at radius 1 is 0.704 bits per heavy atom. The van der Waals surface area contributed by atoms with Crippen LogP contribution in [0.5, 0.6) is 0 Å². The lowest BCUT2D eigenvalue weighted by Crippen LogP contribution is -2.30. The summed E-state index contributed by atoms with van der Waals surface area (Å²) in [4.78, 5) is 9.35. The summed E-state index contributed by atoms with van der Waals surface area (Å²) < 4.78 is 1.96. The zero-order chi connectivity index (χ0) is 18.3. The summed E-state index contributed by atoms with van der Waals surface area (Å²) in [6, 6.07) is 15.1. The Labute approximate surface area is 161 Å². The highest BCUT2D eigenvalue weighted by Crippen LogP contribution is 2.13. The van der Waals surface area contributed by atoms with Crippen molar-refractivity contribution in [3.63, 3.8) is 0 Å². The van der Waals surface area contributed by atoms with Crippen molar-refractivity contribution in [2.75, 3.05) is 26.2 Å². The number of rotatable bonds is 6. The van der Waals surface area contributed by atoms with Gasteiger partial charge >= 0.3 is 0 Å². The fourth-order valence-corrected chi connectivity index (χ4v) is 3.68. The van der Waals surface area contributed by atoms with Crippen molar-refractivity contribution in [1.82, 2.24) is 24.6 Å². The predicted molar refractivity (Wildman–Crippen MR) is 107 cm³/mol. The van der Waals surface area contributed by atoms with Crippen LogP contribution in [0.4, 0.5) is 0 Å². The highest BCUT2D eigenvalue weighted by atomic mass is 15.3. The van der Waals surface area contributed by atoms with E-state index in [1.165, 1.54) is 29.7 Å². The molecule has 5 heteroatoms. The molecule has 0 atom stereocenters. The Hall–Kier alpha value is -2.50. The summed E-state index contributed by atoms with van der Waals surface area (Å²) >= 11 is 0. The molecule has 1 aliphatic rings. The molecule has 0 spiro atoms. The highest BCUT2D eigenvalue weighted by Gasteiger charge is 2.15. The van der Waals surface area contributed by atoms with Gasteiger partial charge in [-0.2, -0.15) is 5.10 Å². The lowest BCUT2D eigenvalue weighted by molar-refractivity contribution is 0.247. The molecular formula is C22H27N5. The maximum atomic E-state index is 4.27. The van der Waals surface area contributed by atoms with Crippen LogP contribution in [0, 0.1) is 0 Å². The van der Waals surface area contributed by atoms with Gasteiger partial charge in [0.1, 0.15) is 0 Å². The van der Waals surface area contributed by atoms with E-state index in [1.807, 2.05) is 41.6 Å². The third-order valence-electron chi connectivity index (χ3n) is 5.14. The highest BCUT2D eigenvalue weighted by molar-refractivity contribution is 5.22. The normalized spacial score (nSPS) is 16.3. The van der Waals surface area contributed by atoms with Crippen LogP contribution in [0.15, 0.2) is 67.3 Å². The second-order valence-corrected chi connectivity index (χ2v) is 7.29. The second kappa shape index (κ2) is 8.93. The van der Waals surface area contributed by atoms with Gasteiger partial charge in [-0.25, -0.2) is 0 Å². The predicted octanol–water partition coefficient (Wildman–Crippen LogP) is 3.03. The van der Waals surface area contributed by atoms with Gasteiger partial charge in [0.15, 0.2) is 0 Å². The molecule has 2 aromatic heterocycles. The fraction of sp³-hybridized carbons (Fsp3) is 0.364. The van der Waals surface area contributed by atoms with E-state index in [0.29, 0.717) is 0 Å². The first-order valence-corrected chi connectivity index (χ1v) is 9.74. The molecule has 1 aromatic carbocycles. The molecule has 3 aromatic rings. The van der Waals surface area contributed by atoms with Crippen LogP contribution in [0.3, 0.4) is 0 Å². The van der Waals surface area contributed by atoms with Gasteiger partial charge in [0.05, 0.1) is 6.54 Å². The number of nitrogens with zero attached hydrogens (tertiary/aromatic N) is 5. The molecule has 140 valence electrons. The van der Waals surface area contributed by atoms with E-state index in [1.54, 1.807) is 0 Å². The van der Waals surface area contributed by atoms with Gasteiger partial charge in [-0.05, 0) is 48.3 Å².